The molecule has 0 saturated heterocycles. The Morgan fingerprint density at radius 3 is 0.956 bits per heavy atom. The Kier molecular flexibility index (Phi) is 53.8. The number of hydrogen-bond donors (Lipinski definition) is 0. The van der Waals surface area contributed by atoms with Crippen LogP contribution >= 0.6 is 0 Å². The number of ether oxygens (including phenoxy) is 3. The molecular weight excluding hydrogens is 841 g/mol. The number of hydrogen-bond acceptors (Lipinski definition) is 6. The van der Waals surface area contributed by atoms with Gasteiger partial charge in [-0.1, -0.05) is 248 Å². The highest BCUT2D eigenvalue weighted by atomic mass is 16.6. The summed E-state index contributed by atoms with van der Waals surface area (Å²) in [6.45, 7) is 6.49. The summed E-state index contributed by atoms with van der Waals surface area (Å²) in [4.78, 5) is 38.1. The Morgan fingerprint density at radius 2 is 0.574 bits per heavy atom. The summed E-state index contributed by atoms with van der Waals surface area (Å²) in [6.07, 6.45) is 71.8. The maximum absolute atomic E-state index is 12.9. The molecule has 6 heteroatoms. The molecule has 0 amide bonds. The summed E-state index contributed by atoms with van der Waals surface area (Å²) in [5, 5.41) is 0. The second-order valence-electron chi connectivity index (χ2n) is 19.2. The maximum Gasteiger partial charge on any atom is 0.306 e. The van der Waals surface area contributed by atoms with Crippen molar-refractivity contribution < 1.29 is 28.6 Å². The molecule has 0 spiro atoms. The molecule has 0 aromatic heterocycles. The van der Waals surface area contributed by atoms with E-state index in [1.165, 1.54) is 141 Å². The molecule has 0 heterocycles. The van der Waals surface area contributed by atoms with Gasteiger partial charge in [0.25, 0.3) is 0 Å². The molecule has 0 aromatic rings. The van der Waals surface area contributed by atoms with Gasteiger partial charge in [-0.25, -0.2) is 0 Å². The van der Waals surface area contributed by atoms with E-state index < -0.39 is 6.10 Å². The third-order valence-electron chi connectivity index (χ3n) is 12.4. The van der Waals surface area contributed by atoms with E-state index in [0.717, 1.165) is 103 Å². The van der Waals surface area contributed by atoms with Crippen LogP contribution in [0.5, 0.6) is 0 Å². The van der Waals surface area contributed by atoms with Gasteiger partial charge in [-0.2, -0.15) is 0 Å². The van der Waals surface area contributed by atoms with Crippen molar-refractivity contribution in [1.82, 2.24) is 0 Å². The minimum atomic E-state index is -0.791. The van der Waals surface area contributed by atoms with Gasteiger partial charge in [0.2, 0.25) is 0 Å². The fourth-order valence-electron chi connectivity index (χ4n) is 8.11. The quantitative estimate of drug-likeness (QED) is 0.0262. The van der Waals surface area contributed by atoms with Crippen LogP contribution in [-0.4, -0.2) is 37.2 Å². The third kappa shape index (κ3) is 53.8. The van der Waals surface area contributed by atoms with Crippen LogP contribution in [0.25, 0.3) is 0 Å². The summed E-state index contributed by atoms with van der Waals surface area (Å²) in [7, 11) is 0. The van der Waals surface area contributed by atoms with Crippen LogP contribution in [0.15, 0.2) is 72.9 Å². The molecule has 0 aliphatic rings. The van der Waals surface area contributed by atoms with Crippen molar-refractivity contribution in [2.45, 2.75) is 290 Å². The van der Waals surface area contributed by atoms with Gasteiger partial charge in [-0.3, -0.25) is 14.4 Å². The number of carbonyl (C=O) groups is 3. The average molecular weight is 950 g/mol. The molecule has 392 valence electrons. The molecule has 0 N–H and O–H groups in total. The minimum absolute atomic E-state index is 0.0884. The predicted octanol–water partition coefficient (Wildman–Crippen LogP) is 19.4. The molecule has 0 fully saturated rings. The highest BCUT2D eigenvalue weighted by Crippen LogP contribution is 2.16. The van der Waals surface area contributed by atoms with Crippen molar-refractivity contribution in [3.05, 3.63) is 72.9 Å². The van der Waals surface area contributed by atoms with E-state index in [-0.39, 0.29) is 31.1 Å². The van der Waals surface area contributed by atoms with Gasteiger partial charge in [-0.15, -0.1) is 0 Å². The van der Waals surface area contributed by atoms with E-state index >= 15 is 0 Å². The van der Waals surface area contributed by atoms with Gasteiger partial charge in [0.15, 0.2) is 6.10 Å². The summed E-state index contributed by atoms with van der Waals surface area (Å²) in [6, 6.07) is 0. The van der Waals surface area contributed by atoms with E-state index in [9.17, 15) is 14.4 Å². The minimum Gasteiger partial charge on any atom is -0.462 e. The van der Waals surface area contributed by atoms with Crippen LogP contribution in [0.2, 0.25) is 0 Å². The number of allylic oxidation sites excluding steroid dienone is 12. The van der Waals surface area contributed by atoms with E-state index in [1.54, 1.807) is 0 Å². The topological polar surface area (TPSA) is 78.9 Å². The van der Waals surface area contributed by atoms with Gasteiger partial charge in [0.1, 0.15) is 13.2 Å². The van der Waals surface area contributed by atoms with Gasteiger partial charge in [-0.05, 0) is 89.9 Å². The summed E-state index contributed by atoms with van der Waals surface area (Å²) >= 11 is 0. The maximum atomic E-state index is 12.9. The zero-order valence-corrected chi connectivity index (χ0v) is 44.9. The average Bonchev–Trinajstić information content (AvgIpc) is 3.34. The fraction of sp³-hybridized carbons (Fsp3) is 0.758. The molecule has 0 aliphatic heterocycles. The predicted molar refractivity (Wildman–Crippen MR) is 293 cm³/mol. The molecule has 0 radical (unpaired) electrons. The SMILES string of the molecule is CC/C=C\C/C=C\C/C=C\C/C=C\C/C=C\CCCCCC(=O)OCC(COC(=O)CCCCCCC/C=C\CCCCC)OC(=O)CCCCCCCCCCCCCCCCCCCCC. The summed E-state index contributed by atoms with van der Waals surface area (Å²) < 4.78 is 16.8. The van der Waals surface area contributed by atoms with Crippen LogP contribution < -0.4 is 0 Å². The first kappa shape index (κ1) is 64.8. The number of unbranched alkanes of at least 4 members (excludes halogenated alkanes) is 29. The number of carbonyl (C=O) groups excluding carboxylic acids is 3. The number of rotatable bonds is 52. The van der Waals surface area contributed by atoms with E-state index in [4.69, 9.17) is 14.2 Å². The normalized spacial score (nSPS) is 12.6. The van der Waals surface area contributed by atoms with Crippen molar-refractivity contribution in [2.75, 3.05) is 13.2 Å². The lowest BCUT2D eigenvalue weighted by atomic mass is 10.0. The molecule has 68 heavy (non-hydrogen) atoms. The van der Waals surface area contributed by atoms with Crippen LogP contribution in [0.1, 0.15) is 284 Å². The number of esters is 3. The van der Waals surface area contributed by atoms with Crippen molar-refractivity contribution in [2.24, 2.45) is 0 Å². The first-order valence-electron chi connectivity index (χ1n) is 28.9. The highest BCUT2D eigenvalue weighted by molar-refractivity contribution is 5.71. The molecule has 0 rings (SSSR count). The first-order chi connectivity index (χ1) is 33.5. The fourth-order valence-corrected chi connectivity index (χ4v) is 8.11. The molecule has 0 bridgehead atoms. The Labute approximate surface area is 421 Å². The molecule has 6 nitrogen and oxygen atoms in total. The lowest BCUT2D eigenvalue weighted by molar-refractivity contribution is -0.167. The van der Waals surface area contributed by atoms with Gasteiger partial charge in [0.05, 0.1) is 0 Å². The molecular formula is C62H108O6. The van der Waals surface area contributed by atoms with E-state index in [2.05, 4.69) is 93.7 Å². The van der Waals surface area contributed by atoms with E-state index in [0.29, 0.717) is 19.3 Å². The van der Waals surface area contributed by atoms with Crippen molar-refractivity contribution in [3.63, 3.8) is 0 Å². The monoisotopic (exact) mass is 949 g/mol. The zero-order chi connectivity index (χ0) is 49.3. The van der Waals surface area contributed by atoms with Crippen LogP contribution in [0.3, 0.4) is 0 Å². The second-order valence-corrected chi connectivity index (χ2v) is 19.2. The van der Waals surface area contributed by atoms with E-state index in [1.807, 2.05) is 0 Å². The molecule has 0 aliphatic carbocycles. The van der Waals surface area contributed by atoms with Gasteiger partial charge < -0.3 is 14.2 Å². The molecule has 1 unspecified atom stereocenters. The van der Waals surface area contributed by atoms with Crippen molar-refractivity contribution >= 4 is 17.9 Å². The largest absolute Gasteiger partial charge is 0.462 e. The van der Waals surface area contributed by atoms with Crippen molar-refractivity contribution in [3.8, 4) is 0 Å². The Morgan fingerprint density at radius 1 is 0.309 bits per heavy atom. The van der Waals surface area contributed by atoms with Crippen molar-refractivity contribution in [1.29, 1.82) is 0 Å². The van der Waals surface area contributed by atoms with Crippen LogP contribution in [0, 0.1) is 0 Å². The Hall–Kier alpha value is -3.15. The molecule has 0 saturated carbocycles. The van der Waals surface area contributed by atoms with Gasteiger partial charge >= 0.3 is 17.9 Å². The third-order valence-corrected chi connectivity index (χ3v) is 12.4. The zero-order valence-electron chi connectivity index (χ0n) is 44.9. The highest BCUT2D eigenvalue weighted by Gasteiger charge is 2.19. The molecule has 1 atom stereocenters. The van der Waals surface area contributed by atoms with Gasteiger partial charge in [0, 0.05) is 19.3 Å². The Balaban J connectivity index is 4.39. The summed E-state index contributed by atoms with van der Waals surface area (Å²) in [5.41, 5.74) is 0. The Bertz CT molecular complexity index is 1270. The lowest BCUT2D eigenvalue weighted by Crippen LogP contribution is -2.30. The standard InChI is InChI=1S/C62H108O6/c1-4-7-10-13-16-19-22-25-27-29-31-33-35-37-40-43-46-49-52-55-61(64)67-58-59(57-66-60(63)54-51-48-45-42-39-24-21-18-15-12-9-6-3)68-62(65)56-53-50-47-44-41-38-36-34-32-30-28-26-23-20-17-14-11-8-5-2/h7,10,16,18-19,21,25,27,31,33,37,40,59H,4-6,8-9,11-15,17,20,22-24,26,28-30,32,34-36,38-39,41-58H2,1-3H3/b10-7-,19-16-,21-18-,27-25-,33-31-,40-37-. The first-order valence-corrected chi connectivity index (χ1v) is 28.9. The van der Waals surface area contributed by atoms with Crippen LogP contribution in [0.4, 0.5) is 0 Å². The lowest BCUT2D eigenvalue weighted by Gasteiger charge is -2.18. The smallest absolute Gasteiger partial charge is 0.306 e. The van der Waals surface area contributed by atoms with Crippen LogP contribution in [-0.2, 0) is 28.6 Å². The molecule has 0 aromatic carbocycles. The summed E-state index contributed by atoms with van der Waals surface area (Å²) in [5.74, 6) is -0.920. The second kappa shape index (κ2) is 56.4.